The highest BCUT2D eigenvalue weighted by Gasteiger charge is 2.18. The molecule has 18 heavy (non-hydrogen) atoms. The first-order valence-electron chi connectivity index (χ1n) is 5.09. The molecule has 1 rings (SSSR count). The van der Waals surface area contributed by atoms with E-state index in [0.717, 1.165) is 11.0 Å². The molecule has 8 heteroatoms. The molecule has 0 fully saturated rings. The zero-order valence-electron chi connectivity index (χ0n) is 9.96. The zero-order chi connectivity index (χ0) is 13.6. The van der Waals surface area contributed by atoms with Crippen LogP contribution < -0.4 is 0 Å². The molecule has 0 saturated carbocycles. The van der Waals surface area contributed by atoms with Crippen molar-refractivity contribution in [3.63, 3.8) is 0 Å². The van der Waals surface area contributed by atoms with E-state index in [1.807, 2.05) is 0 Å². The van der Waals surface area contributed by atoms with Crippen molar-refractivity contribution in [2.45, 2.75) is 18.7 Å². The third kappa shape index (κ3) is 4.15. The molecule has 0 N–H and O–H groups in total. The Balaban J connectivity index is 3.09. The Morgan fingerprint density at radius 3 is 2.94 bits per heavy atom. The summed E-state index contributed by atoms with van der Waals surface area (Å²) in [4.78, 5) is 9.00. The molecule has 0 aliphatic heterocycles. The standard InChI is InChI=1S/C10H13ClN2O3S2/c1-3-16-13-6-9-4-10(8(2)12-5-9)18(14,15)7-17-11/h4-6H,3,7H2,1-2H3/b13-6+. The van der Waals surface area contributed by atoms with Crippen molar-refractivity contribution in [2.24, 2.45) is 5.16 Å². The van der Waals surface area contributed by atoms with Crippen molar-refractivity contribution < 1.29 is 13.3 Å². The monoisotopic (exact) mass is 308 g/mol. The van der Waals surface area contributed by atoms with Crippen LogP contribution in [-0.4, -0.2) is 31.3 Å². The van der Waals surface area contributed by atoms with Crippen LogP contribution in [0.4, 0.5) is 0 Å². The highest BCUT2D eigenvalue weighted by Crippen LogP contribution is 2.21. The number of hydrogen-bond donors (Lipinski definition) is 0. The van der Waals surface area contributed by atoms with E-state index in [9.17, 15) is 8.42 Å². The molecule has 100 valence electrons. The minimum absolute atomic E-state index is 0.163. The summed E-state index contributed by atoms with van der Waals surface area (Å²) in [6.45, 7) is 3.89. The molecule has 0 amide bonds. The number of sulfone groups is 1. The Labute approximate surface area is 115 Å². The summed E-state index contributed by atoms with van der Waals surface area (Å²) in [5, 5.41) is 3.48. The molecule has 0 spiro atoms. The number of oxime groups is 1. The van der Waals surface area contributed by atoms with E-state index in [0.29, 0.717) is 17.9 Å². The minimum atomic E-state index is -3.43. The lowest BCUT2D eigenvalue weighted by Gasteiger charge is -2.05. The number of aryl methyl sites for hydroxylation is 1. The van der Waals surface area contributed by atoms with Crippen molar-refractivity contribution >= 4 is 37.7 Å². The van der Waals surface area contributed by atoms with Gasteiger partial charge in [0.25, 0.3) is 0 Å². The topological polar surface area (TPSA) is 68.6 Å². The second-order valence-corrected chi connectivity index (χ2v) is 6.83. The summed E-state index contributed by atoms with van der Waals surface area (Å²) < 4.78 is 23.8. The van der Waals surface area contributed by atoms with Gasteiger partial charge in [-0.3, -0.25) is 4.98 Å². The molecule has 0 atom stereocenters. The van der Waals surface area contributed by atoms with Crippen LogP contribution in [0.25, 0.3) is 0 Å². The third-order valence-electron chi connectivity index (χ3n) is 2.00. The maximum Gasteiger partial charge on any atom is 0.190 e. The van der Waals surface area contributed by atoms with E-state index >= 15 is 0 Å². The van der Waals surface area contributed by atoms with Gasteiger partial charge in [-0.25, -0.2) is 8.42 Å². The molecule has 0 aliphatic rings. The van der Waals surface area contributed by atoms with Crippen molar-refractivity contribution in [1.82, 2.24) is 4.98 Å². The lowest BCUT2D eigenvalue weighted by Crippen LogP contribution is -2.07. The fourth-order valence-electron chi connectivity index (χ4n) is 1.21. The van der Waals surface area contributed by atoms with Gasteiger partial charge in [-0.1, -0.05) is 5.16 Å². The average molecular weight is 309 g/mol. The van der Waals surface area contributed by atoms with Crippen molar-refractivity contribution in [3.05, 3.63) is 23.5 Å². The van der Waals surface area contributed by atoms with Crippen molar-refractivity contribution in [3.8, 4) is 0 Å². The highest BCUT2D eigenvalue weighted by molar-refractivity contribution is 8.27. The normalized spacial score (nSPS) is 11.9. The van der Waals surface area contributed by atoms with Gasteiger partial charge in [-0.15, -0.1) is 0 Å². The van der Waals surface area contributed by atoms with Crippen LogP contribution >= 0.6 is 21.7 Å². The largest absolute Gasteiger partial charge is 0.396 e. The van der Waals surface area contributed by atoms with Gasteiger partial charge in [-0.05, 0) is 41.6 Å². The number of pyridine rings is 1. The van der Waals surface area contributed by atoms with E-state index in [1.165, 1.54) is 18.5 Å². The van der Waals surface area contributed by atoms with Gasteiger partial charge >= 0.3 is 0 Å². The molecule has 5 nitrogen and oxygen atoms in total. The van der Waals surface area contributed by atoms with E-state index in [1.54, 1.807) is 13.8 Å². The Hall–Kier alpha value is -0.790. The van der Waals surface area contributed by atoms with Gasteiger partial charge < -0.3 is 4.84 Å². The van der Waals surface area contributed by atoms with Crippen LogP contribution in [0.3, 0.4) is 0 Å². The van der Waals surface area contributed by atoms with Crippen LogP contribution in [0.2, 0.25) is 0 Å². The summed E-state index contributed by atoms with van der Waals surface area (Å²) in [5.41, 5.74) is 1.00. The Kier molecular flexibility index (Phi) is 5.90. The quantitative estimate of drug-likeness (QED) is 0.596. The maximum atomic E-state index is 11.9. The summed E-state index contributed by atoms with van der Waals surface area (Å²) >= 11 is 0. The van der Waals surface area contributed by atoms with Crippen LogP contribution in [0.1, 0.15) is 18.2 Å². The van der Waals surface area contributed by atoms with Crippen LogP contribution in [0, 0.1) is 6.92 Å². The van der Waals surface area contributed by atoms with Crippen LogP contribution in [-0.2, 0) is 14.7 Å². The number of aromatic nitrogens is 1. The van der Waals surface area contributed by atoms with E-state index in [-0.39, 0.29) is 9.98 Å². The number of hydrogen-bond acceptors (Lipinski definition) is 6. The Bertz CT molecular complexity index is 532. The molecular formula is C10H13ClN2O3S2. The molecule has 1 heterocycles. The first kappa shape index (κ1) is 15.3. The summed E-state index contributed by atoms with van der Waals surface area (Å²) in [6.07, 6.45) is 2.95. The van der Waals surface area contributed by atoms with Crippen LogP contribution in [0.5, 0.6) is 0 Å². The smallest absolute Gasteiger partial charge is 0.190 e. The minimum Gasteiger partial charge on any atom is -0.396 e. The second-order valence-electron chi connectivity index (χ2n) is 3.35. The summed E-state index contributed by atoms with van der Waals surface area (Å²) in [6, 6.07) is 1.51. The molecule has 1 aromatic heterocycles. The first-order chi connectivity index (χ1) is 8.51. The van der Waals surface area contributed by atoms with Gasteiger partial charge in [-0.2, -0.15) is 0 Å². The number of rotatable bonds is 6. The van der Waals surface area contributed by atoms with Gasteiger partial charge in [0.1, 0.15) is 11.7 Å². The summed E-state index contributed by atoms with van der Waals surface area (Å²) in [5.74, 6) is 0. The molecule has 0 bridgehead atoms. The summed E-state index contributed by atoms with van der Waals surface area (Å²) in [7, 11) is 2.71. The van der Waals surface area contributed by atoms with Crippen molar-refractivity contribution in [1.29, 1.82) is 0 Å². The fourth-order valence-corrected chi connectivity index (χ4v) is 4.06. The second kappa shape index (κ2) is 6.96. The van der Waals surface area contributed by atoms with Crippen LogP contribution in [0.15, 0.2) is 22.3 Å². The zero-order valence-corrected chi connectivity index (χ0v) is 12.3. The number of halogens is 1. The van der Waals surface area contributed by atoms with E-state index in [2.05, 4.69) is 10.1 Å². The predicted molar refractivity (Wildman–Crippen MR) is 73.7 cm³/mol. The average Bonchev–Trinajstić information content (AvgIpc) is 2.31. The SMILES string of the molecule is CCO/N=C/c1cnc(C)c(S(=O)(=O)CSCl)c1. The molecule has 0 radical (unpaired) electrons. The molecule has 0 unspecified atom stereocenters. The van der Waals surface area contributed by atoms with E-state index < -0.39 is 9.84 Å². The molecule has 0 saturated heterocycles. The fraction of sp³-hybridized carbons (Fsp3) is 0.400. The first-order valence-corrected chi connectivity index (χ1v) is 8.56. The lowest BCUT2D eigenvalue weighted by atomic mass is 10.3. The van der Waals surface area contributed by atoms with Gasteiger partial charge in [0.05, 0.1) is 16.8 Å². The van der Waals surface area contributed by atoms with Gasteiger partial charge in [0, 0.05) is 11.8 Å². The molecular weight excluding hydrogens is 296 g/mol. The lowest BCUT2D eigenvalue weighted by molar-refractivity contribution is 0.160. The highest BCUT2D eigenvalue weighted by atomic mass is 35.7. The van der Waals surface area contributed by atoms with Crippen molar-refractivity contribution in [2.75, 3.05) is 11.7 Å². The predicted octanol–water partition coefficient (Wildman–Crippen LogP) is 2.38. The Morgan fingerprint density at radius 2 is 2.33 bits per heavy atom. The van der Waals surface area contributed by atoms with E-state index in [4.69, 9.17) is 15.5 Å². The maximum absolute atomic E-state index is 11.9. The third-order valence-corrected chi connectivity index (χ3v) is 5.48. The Morgan fingerprint density at radius 1 is 1.61 bits per heavy atom. The number of nitrogens with zero attached hydrogens (tertiary/aromatic N) is 2. The molecule has 0 aliphatic carbocycles. The van der Waals surface area contributed by atoms with Gasteiger partial charge in [0.15, 0.2) is 9.84 Å². The molecule has 0 aromatic carbocycles. The molecule has 1 aromatic rings. The van der Waals surface area contributed by atoms with Gasteiger partial charge in [0.2, 0.25) is 0 Å².